The molecule has 0 radical (unpaired) electrons. The van der Waals surface area contributed by atoms with E-state index in [4.69, 9.17) is 4.74 Å². The molecule has 2 heterocycles. The molecule has 1 aliphatic rings. The van der Waals surface area contributed by atoms with Gasteiger partial charge < -0.3 is 14.5 Å². The minimum atomic E-state index is -0.0566. The Bertz CT molecular complexity index is 792. The minimum Gasteiger partial charge on any atom is -0.491 e. The molecule has 0 unspecified atom stereocenters. The van der Waals surface area contributed by atoms with Crippen LogP contribution in [0.4, 0.5) is 0 Å². The number of rotatable bonds is 4. The van der Waals surface area contributed by atoms with E-state index >= 15 is 0 Å². The summed E-state index contributed by atoms with van der Waals surface area (Å²) in [6.45, 7) is 6.19. The Labute approximate surface area is 153 Å². The highest BCUT2D eigenvalue weighted by Gasteiger charge is 2.21. The molecule has 0 saturated carbocycles. The van der Waals surface area contributed by atoms with Crippen LogP contribution in [0.15, 0.2) is 42.7 Å². The van der Waals surface area contributed by atoms with Crippen LogP contribution in [-0.4, -0.2) is 46.3 Å². The molecule has 0 saturated heterocycles. The van der Waals surface area contributed by atoms with Gasteiger partial charge in [0.2, 0.25) is 5.91 Å². The van der Waals surface area contributed by atoms with Crippen LogP contribution in [0, 0.1) is 0 Å². The summed E-state index contributed by atoms with van der Waals surface area (Å²) in [4.78, 5) is 32.0. The molecule has 0 aliphatic carbocycles. The van der Waals surface area contributed by atoms with Crippen molar-refractivity contribution in [3.05, 3.63) is 59.4 Å². The number of nitrogens with zero attached hydrogens (tertiary/aromatic N) is 3. The van der Waals surface area contributed by atoms with Crippen molar-refractivity contribution in [2.75, 3.05) is 19.7 Å². The second-order valence-electron chi connectivity index (χ2n) is 6.29. The Kier molecular flexibility index (Phi) is 5.51. The minimum absolute atomic E-state index is 0.0482. The fraction of sp³-hybridized carbons (Fsp3) is 0.350. The number of pyridine rings is 1. The van der Waals surface area contributed by atoms with E-state index in [0.29, 0.717) is 38.3 Å². The van der Waals surface area contributed by atoms with Crippen molar-refractivity contribution in [2.45, 2.75) is 26.9 Å². The first-order chi connectivity index (χ1) is 12.6. The Morgan fingerprint density at radius 3 is 2.85 bits per heavy atom. The predicted octanol–water partition coefficient (Wildman–Crippen LogP) is 2.48. The van der Waals surface area contributed by atoms with Gasteiger partial charge in [0.1, 0.15) is 12.4 Å². The van der Waals surface area contributed by atoms with Gasteiger partial charge in [0, 0.05) is 44.5 Å². The van der Waals surface area contributed by atoms with E-state index in [1.807, 2.05) is 25.1 Å². The van der Waals surface area contributed by atoms with E-state index in [2.05, 4.69) is 4.98 Å². The predicted molar refractivity (Wildman–Crippen MR) is 97.7 cm³/mol. The largest absolute Gasteiger partial charge is 0.491 e. The molecular weight excluding hydrogens is 330 g/mol. The fourth-order valence-corrected chi connectivity index (χ4v) is 3.06. The van der Waals surface area contributed by atoms with Crippen molar-refractivity contribution in [2.24, 2.45) is 0 Å². The summed E-state index contributed by atoms with van der Waals surface area (Å²) in [5.74, 6) is 0.784. The average Bonchev–Trinajstić information content (AvgIpc) is 2.87. The first-order valence-corrected chi connectivity index (χ1v) is 8.78. The molecule has 1 aromatic carbocycles. The van der Waals surface area contributed by atoms with Gasteiger partial charge in [-0.15, -0.1) is 0 Å². The van der Waals surface area contributed by atoms with Gasteiger partial charge in [-0.05, 0) is 36.8 Å². The lowest BCUT2D eigenvalue weighted by atomic mass is 10.1. The third-order valence-electron chi connectivity index (χ3n) is 4.50. The van der Waals surface area contributed by atoms with Gasteiger partial charge in [-0.1, -0.05) is 6.07 Å². The van der Waals surface area contributed by atoms with Gasteiger partial charge in [-0.3, -0.25) is 14.6 Å². The molecule has 0 bridgehead atoms. The van der Waals surface area contributed by atoms with Crippen LogP contribution in [-0.2, 0) is 17.9 Å². The fourth-order valence-electron chi connectivity index (χ4n) is 3.06. The number of aromatic nitrogens is 1. The number of carbonyl (C=O) groups excluding carboxylic acids is 2. The number of benzene rings is 1. The molecule has 1 aromatic heterocycles. The zero-order chi connectivity index (χ0) is 18.5. The molecule has 0 N–H and O–H groups in total. The lowest BCUT2D eigenvalue weighted by Gasteiger charge is -2.21. The lowest BCUT2D eigenvalue weighted by Crippen LogP contribution is -2.32. The van der Waals surface area contributed by atoms with E-state index < -0.39 is 0 Å². The molecule has 6 heteroatoms. The van der Waals surface area contributed by atoms with Crippen LogP contribution >= 0.6 is 0 Å². The summed E-state index contributed by atoms with van der Waals surface area (Å²) in [5, 5.41) is 0. The number of fused-ring (bicyclic) bond motifs is 1. The second kappa shape index (κ2) is 7.99. The molecule has 0 atom stereocenters. The van der Waals surface area contributed by atoms with E-state index in [1.54, 1.807) is 41.2 Å². The van der Waals surface area contributed by atoms with Crippen molar-refractivity contribution >= 4 is 11.8 Å². The zero-order valence-electron chi connectivity index (χ0n) is 15.1. The summed E-state index contributed by atoms with van der Waals surface area (Å²) in [5.41, 5.74) is 2.55. The summed E-state index contributed by atoms with van der Waals surface area (Å²) >= 11 is 0. The van der Waals surface area contributed by atoms with Gasteiger partial charge in [0.05, 0.1) is 12.1 Å². The molecule has 26 heavy (non-hydrogen) atoms. The highest BCUT2D eigenvalue weighted by Crippen LogP contribution is 2.25. The Morgan fingerprint density at radius 1 is 1.31 bits per heavy atom. The standard InChI is InChI=1S/C20H23N3O3/c1-3-22(15(2)24)13-16-6-7-19-18(11-16)14-23(9-10-26-19)20(25)17-5-4-8-21-12-17/h4-8,11-12H,3,9-10,13-14H2,1-2H3. The number of carbonyl (C=O) groups is 2. The van der Waals surface area contributed by atoms with Crippen LogP contribution in [0.25, 0.3) is 0 Å². The van der Waals surface area contributed by atoms with Crippen LogP contribution < -0.4 is 4.74 Å². The maximum Gasteiger partial charge on any atom is 0.255 e. The van der Waals surface area contributed by atoms with Crippen molar-refractivity contribution in [1.82, 2.24) is 14.8 Å². The number of hydrogen-bond donors (Lipinski definition) is 0. The number of ether oxygens (including phenoxy) is 1. The molecule has 0 fully saturated rings. The maximum atomic E-state index is 12.7. The van der Waals surface area contributed by atoms with Crippen LogP contribution in [0.2, 0.25) is 0 Å². The highest BCUT2D eigenvalue weighted by molar-refractivity contribution is 5.93. The summed E-state index contributed by atoms with van der Waals surface area (Å²) in [6.07, 6.45) is 3.23. The van der Waals surface area contributed by atoms with Gasteiger partial charge in [0.25, 0.3) is 5.91 Å². The quantitative estimate of drug-likeness (QED) is 0.847. The van der Waals surface area contributed by atoms with E-state index in [0.717, 1.165) is 16.9 Å². The molecule has 2 amide bonds. The molecule has 2 aromatic rings. The molecule has 6 nitrogen and oxygen atoms in total. The van der Waals surface area contributed by atoms with Crippen LogP contribution in [0.5, 0.6) is 5.75 Å². The monoisotopic (exact) mass is 353 g/mol. The van der Waals surface area contributed by atoms with Crippen LogP contribution in [0.3, 0.4) is 0 Å². The van der Waals surface area contributed by atoms with Gasteiger partial charge >= 0.3 is 0 Å². The Hall–Kier alpha value is -2.89. The Balaban J connectivity index is 1.81. The number of hydrogen-bond acceptors (Lipinski definition) is 4. The van der Waals surface area contributed by atoms with Gasteiger partial charge in [-0.25, -0.2) is 0 Å². The van der Waals surface area contributed by atoms with Crippen molar-refractivity contribution in [1.29, 1.82) is 0 Å². The number of amides is 2. The average molecular weight is 353 g/mol. The smallest absolute Gasteiger partial charge is 0.255 e. The maximum absolute atomic E-state index is 12.7. The molecule has 136 valence electrons. The van der Waals surface area contributed by atoms with Crippen molar-refractivity contribution in [3.8, 4) is 5.75 Å². The van der Waals surface area contributed by atoms with Gasteiger partial charge in [0.15, 0.2) is 0 Å². The highest BCUT2D eigenvalue weighted by atomic mass is 16.5. The molecular formula is C20H23N3O3. The van der Waals surface area contributed by atoms with Crippen molar-refractivity contribution < 1.29 is 14.3 Å². The topological polar surface area (TPSA) is 62.7 Å². The second-order valence-corrected chi connectivity index (χ2v) is 6.29. The Morgan fingerprint density at radius 2 is 2.15 bits per heavy atom. The van der Waals surface area contributed by atoms with E-state index in [9.17, 15) is 9.59 Å². The molecule has 1 aliphatic heterocycles. The lowest BCUT2D eigenvalue weighted by molar-refractivity contribution is -0.129. The van der Waals surface area contributed by atoms with E-state index in [-0.39, 0.29) is 11.8 Å². The third kappa shape index (κ3) is 4.02. The summed E-state index contributed by atoms with van der Waals surface area (Å²) in [6, 6.07) is 9.45. The zero-order valence-corrected chi connectivity index (χ0v) is 15.1. The molecule has 0 spiro atoms. The van der Waals surface area contributed by atoms with Gasteiger partial charge in [-0.2, -0.15) is 0 Å². The van der Waals surface area contributed by atoms with Crippen molar-refractivity contribution in [3.63, 3.8) is 0 Å². The van der Waals surface area contributed by atoms with E-state index in [1.165, 1.54) is 0 Å². The SMILES string of the molecule is CCN(Cc1ccc2c(c1)CN(C(=O)c1cccnc1)CCO2)C(C)=O. The first-order valence-electron chi connectivity index (χ1n) is 8.78. The first kappa shape index (κ1) is 17.9. The summed E-state index contributed by atoms with van der Waals surface area (Å²) < 4.78 is 5.81. The third-order valence-corrected chi connectivity index (χ3v) is 4.50. The summed E-state index contributed by atoms with van der Waals surface area (Å²) in [7, 11) is 0. The normalized spacial score (nSPS) is 13.4. The van der Waals surface area contributed by atoms with Crippen LogP contribution in [0.1, 0.15) is 35.3 Å². The molecule has 3 rings (SSSR count).